The third kappa shape index (κ3) is 6.38. The highest BCUT2D eigenvalue weighted by molar-refractivity contribution is 5.74. The first-order valence-corrected chi connectivity index (χ1v) is 10.3. The van der Waals surface area contributed by atoms with Gasteiger partial charge in [0.05, 0.1) is 0 Å². The summed E-state index contributed by atoms with van der Waals surface area (Å²) in [7, 11) is 0. The molecule has 27 heavy (non-hydrogen) atoms. The van der Waals surface area contributed by atoms with Crippen LogP contribution in [0, 0.1) is 5.82 Å². The molecular formula is C21H32FN3O2. The van der Waals surface area contributed by atoms with Crippen LogP contribution in [0.4, 0.5) is 9.18 Å². The maximum Gasteiger partial charge on any atom is 0.315 e. The molecule has 2 amide bonds. The first-order chi connectivity index (χ1) is 13.0. The van der Waals surface area contributed by atoms with Crippen molar-refractivity contribution in [3.63, 3.8) is 0 Å². The van der Waals surface area contributed by atoms with Crippen molar-refractivity contribution in [2.75, 3.05) is 0 Å². The van der Waals surface area contributed by atoms with Gasteiger partial charge in [0.1, 0.15) is 11.6 Å². The van der Waals surface area contributed by atoms with Crippen LogP contribution in [0.1, 0.15) is 70.6 Å². The SMILES string of the molecule is NC1(Oc2ccc(F)cc2)CCC(NC(=O)NC2CCCCCCC2)CC1. The minimum atomic E-state index is -0.758. The lowest BCUT2D eigenvalue weighted by atomic mass is 9.88. The second kappa shape index (κ2) is 9.40. The Bertz CT molecular complexity index is 592. The lowest BCUT2D eigenvalue weighted by Crippen LogP contribution is -2.54. The molecule has 4 N–H and O–H groups in total. The van der Waals surface area contributed by atoms with Crippen molar-refractivity contribution in [3.05, 3.63) is 30.1 Å². The molecule has 0 aliphatic heterocycles. The van der Waals surface area contributed by atoms with Crippen molar-refractivity contribution in [2.24, 2.45) is 5.73 Å². The first-order valence-electron chi connectivity index (χ1n) is 10.3. The summed E-state index contributed by atoms with van der Waals surface area (Å²) in [5.74, 6) is 0.281. The zero-order valence-electron chi connectivity index (χ0n) is 16.0. The summed E-state index contributed by atoms with van der Waals surface area (Å²) in [6.45, 7) is 0. The fourth-order valence-corrected chi connectivity index (χ4v) is 4.10. The average molecular weight is 378 g/mol. The third-order valence-corrected chi connectivity index (χ3v) is 5.74. The number of ether oxygens (including phenoxy) is 1. The van der Waals surface area contributed by atoms with Crippen LogP contribution in [0.3, 0.4) is 0 Å². The average Bonchev–Trinajstić information content (AvgIpc) is 2.61. The van der Waals surface area contributed by atoms with E-state index >= 15 is 0 Å². The van der Waals surface area contributed by atoms with Gasteiger partial charge >= 0.3 is 6.03 Å². The molecule has 6 heteroatoms. The van der Waals surface area contributed by atoms with Crippen molar-refractivity contribution in [3.8, 4) is 5.75 Å². The molecule has 2 fully saturated rings. The monoisotopic (exact) mass is 377 g/mol. The number of hydrogen-bond donors (Lipinski definition) is 3. The number of hydrogen-bond acceptors (Lipinski definition) is 3. The Labute approximate surface area is 161 Å². The Kier molecular flexibility index (Phi) is 6.94. The van der Waals surface area contributed by atoms with Gasteiger partial charge in [0.15, 0.2) is 5.72 Å². The third-order valence-electron chi connectivity index (χ3n) is 5.74. The van der Waals surface area contributed by atoms with Gasteiger partial charge in [-0.2, -0.15) is 0 Å². The summed E-state index contributed by atoms with van der Waals surface area (Å²) in [5, 5.41) is 6.25. The van der Waals surface area contributed by atoms with Crippen LogP contribution < -0.4 is 21.1 Å². The number of benzene rings is 1. The number of carbonyl (C=O) groups excluding carboxylic acids is 1. The lowest BCUT2D eigenvalue weighted by Gasteiger charge is -2.37. The van der Waals surface area contributed by atoms with Crippen LogP contribution in [0.2, 0.25) is 0 Å². The minimum Gasteiger partial charge on any atom is -0.473 e. The number of urea groups is 1. The lowest BCUT2D eigenvalue weighted by molar-refractivity contribution is 0.0285. The van der Waals surface area contributed by atoms with Crippen LogP contribution in [-0.2, 0) is 0 Å². The quantitative estimate of drug-likeness (QED) is 0.688. The maximum atomic E-state index is 13.0. The normalized spacial score (nSPS) is 27.3. The molecule has 5 nitrogen and oxygen atoms in total. The van der Waals surface area contributed by atoms with E-state index < -0.39 is 5.72 Å². The van der Waals surface area contributed by atoms with E-state index in [1.165, 1.54) is 44.2 Å². The minimum absolute atomic E-state index is 0.0606. The van der Waals surface area contributed by atoms with Crippen LogP contribution in [0.5, 0.6) is 5.75 Å². The number of amides is 2. The predicted molar refractivity (Wildman–Crippen MR) is 104 cm³/mol. The number of halogens is 1. The molecule has 0 aromatic heterocycles. The van der Waals surface area contributed by atoms with E-state index in [-0.39, 0.29) is 17.9 Å². The fraction of sp³-hybridized carbons (Fsp3) is 0.667. The standard InChI is InChI=1S/C21H32FN3O2/c22-16-8-10-19(11-9-16)27-21(23)14-12-18(13-15-21)25-20(26)24-17-6-4-2-1-3-5-7-17/h8-11,17-18H,1-7,12-15,23H2,(H2,24,25,26). The van der Waals surface area contributed by atoms with Crippen molar-refractivity contribution in [1.29, 1.82) is 0 Å². The second-order valence-corrected chi connectivity index (χ2v) is 8.05. The van der Waals surface area contributed by atoms with E-state index in [4.69, 9.17) is 10.5 Å². The van der Waals surface area contributed by atoms with E-state index in [1.807, 2.05) is 0 Å². The molecule has 2 aliphatic carbocycles. The first kappa shape index (κ1) is 19.9. The van der Waals surface area contributed by atoms with Gasteiger partial charge in [-0.25, -0.2) is 9.18 Å². The largest absolute Gasteiger partial charge is 0.473 e. The maximum absolute atomic E-state index is 13.0. The van der Waals surface area contributed by atoms with Crippen LogP contribution >= 0.6 is 0 Å². The molecule has 2 aliphatic rings. The molecule has 150 valence electrons. The molecule has 1 aromatic rings. The van der Waals surface area contributed by atoms with Crippen molar-refractivity contribution in [1.82, 2.24) is 10.6 Å². The second-order valence-electron chi connectivity index (χ2n) is 8.05. The summed E-state index contributed by atoms with van der Waals surface area (Å²) in [5.41, 5.74) is 5.60. The molecule has 0 bridgehead atoms. The number of nitrogens with one attached hydrogen (secondary N) is 2. The van der Waals surface area contributed by atoms with Crippen LogP contribution in [0.15, 0.2) is 24.3 Å². The molecule has 0 saturated heterocycles. The topological polar surface area (TPSA) is 76.4 Å². The Hall–Kier alpha value is -1.82. The zero-order valence-corrected chi connectivity index (χ0v) is 16.0. The Morgan fingerprint density at radius 2 is 1.44 bits per heavy atom. The van der Waals surface area contributed by atoms with E-state index in [1.54, 1.807) is 12.1 Å². The Morgan fingerprint density at radius 3 is 2.04 bits per heavy atom. The molecule has 0 spiro atoms. The van der Waals surface area contributed by atoms with Gasteiger partial charge in [-0.3, -0.25) is 5.73 Å². The van der Waals surface area contributed by atoms with E-state index in [9.17, 15) is 9.18 Å². The Morgan fingerprint density at radius 1 is 0.926 bits per heavy atom. The summed E-state index contributed by atoms with van der Waals surface area (Å²) in [6, 6.07) is 6.27. The molecule has 2 saturated carbocycles. The highest BCUT2D eigenvalue weighted by atomic mass is 19.1. The fourth-order valence-electron chi connectivity index (χ4n) is 4.10. The number of rotatable bonds is 4. The predicted octanol–water partition coefficient (Wildman–Crippen LogP) is 4.21. The summed E-state index contributed by atoms with van der Waals surface area (Å²) < 4.78 is 18.9. The van der Waals surface area contributed by atoms with Gasteiger partial charge < -0.3 is 15.4 Å². The van der Waals surface area contributed by atoms with E-state index in [2.05, 4.69) is 10.6 Å². The molecule has 0 unspecified atom stereocenters. The summed E-state index contributed by atoms with van der Waals surface area (Å²) in [6.07, 6.45) is 11.3. The van der Waals surface area contributed by atoms with Crippen LogP contribution in [-0.4, -0.2) is 23.8 Å². The Balaban J connectivity index is 1.41. The van der Waals surface area contributed by atoms with Crippen molar-refractivity contribution < 1.29 is 13.9 Å². The van der Waals surface area contributed by atoms with Gasteiger partial charge in [-0.15, -0.1) is 0 Å². The van der Waals surface area contributed by atoms with Gasteiger partial charge in [-0.1, -0.05) is 32.1 Å². The molecule has 0 heterocycles. The number of nitrogens with two attached hydrogens (primary N) is 1. The van der Waals surface area contributed by atoms with Gasteiger partial charge in [0.2, 0.25) is 0 Å². The molecule has 3 rings (SSSR count). The van der Waals surface area contributed by atoms with Crippen molar-refractivity contribution >= 4 is 6.03 Å². The van der Waals surface area contributed by atoms with Gasteiger partial charge in [-0.05, 0) is 49.9 Å². The highest BCUT2D eigenvalue weighted by Crippen LogP contribution is 2.29. The van der Waals surface area contributed by atoms with E-state index in [0.29, 0.717) is 24.6 Å². The summed E-state index contributed by atoms with van der Waals surface area (Å²) in [4.78, 5) is 12.3. The summed E-state index contributed by atoms with van der Waals surface area (Å²) >= 11 is 0. The number of carbonyl (C=O) groups is 1. The van der Waals surface area contributed by atoms with Gasteiger partial charge in [0.25, 0.3) is 0 Å². The zero-order chi connectivity index (χ0) is 19.1. The highest BCUT2D eigenvalue weighted by Gasteiger charge is 2.34. The van der Waals surface area contributed by atoms with Crippen LogP contribution in [0.25, 0.3) is 0 Å². The molecule has 0 atom stereocenters. The molecular weight excluding hydrogens is 345 g/mol. The van der Waals surface area contributed by atoms with E-state index in [0.717, 1.165) is 25.7 Å². The molecule has 0 radical (unpaired) electrons. The van der Waals surface area contributed by atoms with Gasteiger partial charge in [0, 0.05) is 24.9 Å². The van der Waals surface area contributed by atoms with Crippen molar-refractivity contribution in [2.45, 2.75) is 88.4 Å². The molecule has 1 aromatic carbocycles. The smallest absolute Gasteiger partial charge is 0.315 e.